The van der Waals surface area contributed by atoms with Gasteiger partial charge in [0.25, 0.3) is 0 Å². The van der Waals surface area contributed by atoms with E-state index in [4.69, 9.17) is 9.47 Å². The molecule has 0 heterocycles. The lowest BCUT2D eigenvalue weighted by atomic mass is 10.1. The number of hydrogen-bond acceptors (Lipinski definition) is 3. The fraction of sp³-hybridized carbons (Fsp3) is 0.917. The molecule has 1 saturated carbocycles. The number of hydrogen-bond donors (Lipinski definition) is 0. The highest BCUT2D eigenvalue weighted by Crippen LogP contribution is 2.31. The summed E-state index contributed by atoms with van der Waals surface area (Å²) in [6, 6.07) is 0. The van der Waals surface area contributed by atoms with Crippen LogP contribution in [0.2, 0.25) is 0 Å². The zero-order chi connectivity index (χ0) is 10.9. The number of ether oxygens (including phenoxy) is 2. The normalized spacial score (nSPS) is 15.5. The first-order valence-corrected chi connectivity index (χ1v) is 5.94. The van der Waals surface area contributed by atoms with Gasteiger partial charge in [0.2, 0.25) is 0 Å². The van der Waals surface area contributed by atoms with E-state index in [1.165, 1.54) is 0 Å². The summed E-state index contributed by atoms with van der Waals surface area (Å²) in [5, 5.41) is 0. The quantitative estimate of drug-likeness (QED) is 0.523. The smallest absolute Gasteiger partial charge is 0.135 e. The third-order valence-corrected chi connectivity index (χ3v) is 2.68. The van der Waals surface area contributed by atoms with Crippen LogP contribution in [0.15, 0.2) is 0 Å². The summed E-state index contributed by atoms with van der Waals surface area (Å²) in [6.07, 6.45) is 6.25. The molecule has 0 unspecified atom stereocenters. The fourth-order valence-electron chi connectivity index (χ4n) is 1.53. The van der Waals surface area contributed by atoms with Crippen LogP contribution in [0, 0.1) is 5.92 Å². The minimum atomic E-state index is 0.433. The molecule has 15 heavy (non-hydrogen) atoms. The molecule has 3 heteroatoms. The summed E-state index contributed by atoms with van der Waals surface area (Å²) in [5.74, 6) is 0.915. The van der Waals surface area contributed by atoms with Crippen molar-refractivity contribution in [1.29, 1.82) is 0 Å². The Balaban J connectivity index is 1.74. The Hall–Kier alpha value is -0.410. The summed E-state index contributed by atoms with van der Waals surface area (Å²) in [4.78, 5) is 11.3. The van der Waals surface area contributed by atoms with E-state index in [2.05, 4.69) is 0 Å². The first-order chi connectivity index (χ1) is 7.34. The van der Waals surface area contributed by atoms with Gasteiger partial charge >= 0.3 is 0 Å². The molecular weight excluding hydrogens is 192 g/mol. The van der Waals surface area contributed by atoms with Crippen molar-refractivity contribution in [3.05, 3.63) is 0 Å². The maximum atomic E-state index is 11.3. The standard InChI is InChI=1S/C12H22O3/c1-14-9-10-15-8-4-2-3-5-12(13)11-6-7-11/h11H,2-10H2,1H3. The van der Waals surface area contributed by atoms with Crippen LogP contribution >= 0.6 is 0 Å². The molecule has 0 radical (unpaired) electrons. The van der Waals surface area contributed by atoms with Gasteiger partial charge in [0, 0.05) is 26.1 Å². The highest BCUT2D eigenvalue weighted by Gasteiger charge is 2.28. The summed E-state index contributed by atoms with van der Waals surface area (Å²) in [6.45, 7) is 2.14. The van der Waals surface area contributed by atoms with Crippen molar-refractivity contribution < 1.29 is 14.3 Å². The number of ketones is 1. The Bertz CT molecular complexity index is 176. The molecule has 0 saturated heterocycles. The van der Waals surface area contributed by atoms with Gasteiger partial charge in [-0.2, -0.15) is 0 Å². The summed E-state index contributed by atoms with van der Waals surface area (Å²) in [5.41, 5.74) is 0. The largest absolute Gasteiger partial charge is 0.382 e. The Labute approximate surface area is 92.1 Å². The average molecular weight is 214 g/mol. The highest BCUT2D eigenvalue weighted by molar-refractivity contribution is 5.82. The number of unbranched alkanes of at least 4 members (excludes halogenated alkanes) is 2. The van der Waals surface area contributed by atoms with Crippen molar-refractivity contribution in [3.63, 3.8) is 0 Å². The summed E-state index contributed by atoms with van der Waals surface area (Å²) >= 11 is 0. The molecule has 0 aromatic carbocycles. The molecule has 3 nitrogen and oxygen atoms in total. The van der Waals surface area contributed by atoms with Crippen LogP contribution < -0.4 is 0 Å². The zero-order valence-electron chi connectivity index (χ0n) is 9.67. The van der Waals surface area contributed by atoms with Crippen LogP contribution in [0.3, 0.4) is 0 Å². The molecular formula is C12H22O3. The Kier molecular flexibility index (Phi) is 6.60. The zero-order valence-corrected chi connectivity index (χ0v) is 9.67. The number of Topliss-reactive ketones (excluding diaryl/α,β-unsaturated/α-hetero) is 1. The van der Waals surface area contributed by atoms with Crippen molar-refractivity contribution in [3.8, 4) is 0 Å². The molecule has 0 aromatic rings. The number of carbonyl (C=O) groups is 1. The second kappa shape index (κ2) is 7.83. The third-order valence-electron chi connectivity index (χ3n) is 2.68. The molecule has 0 atom stereocenters. The maximum Gasteiger partial charge on any atom is 0.135 e. The monoisotopic (exact) mass is 214 g/mol. The number of methoxy groups -OCH3 is 1. The molecule has 1 aliphatic rings. The van der Waals surface area contributed by atoms with Gasteiger partial charge in [-0.25, -0.2) is 0 Å². The van der Waals surface area contributed by atoms with Crippen LogP contribution in [0.1, 0.15) is 38.5 Å². The van der Waals surface area contributed by atoms with Crippen LogP contribution in [-0.4, -0.2) is 32.7 Å². The minimum Gasteiger partial charge on any atom is -0.382 e. The number of rotatable bonds is 10. The van der Waals surface area contributed by atoms with E-state index < -0.39 is 0 Å². The van der Waals surface area contributed by atoms with Gasteiger partial charge in [0.1, 0.15) is 5.78 Å². The van der Waals surface area contributed by atoms with Gasteiger partial charge in [-0.3, -0.25) is 4.79 Å². The Morgan fingerprint density at radius 2 is 1.93 bits per heavy atom. The van der Waals surface area contributed by atoms with Gasteiger partial charge in [-0.1, -0.05) is 6.42 Å². The van der Waals surface area contributed by atoms with Crippen LogP contribution in [0.5, 0.6) is 0 Å². The van der Waals surface area contributed by atoms with Gasteiger partial charge in [0.05, 0.1) is 13.2 Å². The van der Waals surface area contributed by atoms with Crippen LogP contribution in [0.25, 0.3) is 0 Å². The lowest BCUT2D eigenvalue weighted by molar-refractivity contribution is -0.120. The van der Waals surface area contributed by atoms with Gasteiger partial charge in [-0.15, -0.1) is 0 Å². The second-order valence-corrected chi connectivity index (χ2v) is 4.16. The van der Waals surface area contributed by atoms with E-state index in [0.29, 0.717) is 24.9 Å². The minimum absolute atomic E-state index is 0.433. The molecule has 0 amide bonds. The van der Waals surface area contributed by atoms with E-state index in [0.717, 1.165) is 45.1 Å². The first-order valence-electron chi connectivity index (χ1n) is 5.94. The second-order valence-electron chi connectivity index (χ2n) is 4.16. The van der Waals surface area contributed by atoms with Gasteiger partial charge in [-0.05, 0) is 25.7 Å². The predicted molar refractivity (Wildman–Crippen MR) is 58.9 cm³/mol. The van der Waals surface area contributed by atoms with Crippen molar-refractivity contribution in [2.75, 3.05) is 26.9 Å². The van der Waals surface area contributed by atoms with Crippen molar-refractivity contribution in [2.45, 2.75) is 38.5 Å². The van der Waals surface area contributed by atoms with Gasteiger partial charge < -0.3 is 9.47 Å². The van der Waals surface area contributed by atoms with E-state index in [-0.39, 0.29) is 0 Å². The Morgan fingerprint density at radius 1 is 1.13 bits per heavy atom. The third kappa shape index (κ3) is 6.63. The summed E-state index contributed by atoms with van der Waals surface area (Å²) < 4.78 is 10.2. The Morgan fingerprint density at radius 3 is 2.60 bits per heavy atom. The fourth-order valence-corrected chi connectivity index (χ4v) is 1.53. The maximum absolute atomic E-state index is 11.3. The van der Waals surface area contributed by atoms with Crippen molar-refractivity contribution in [2.24, 2.45) is 5.92 Å². The molecule has 0 aromatic heterocycles. The topological polar surface area (TPSA) is 35.5 Å². The SMILES string of the molecule is COCCOCCCCCC(=O)C1CC1. The van der Waals surface area contributed by atoms with Crippen molar-refractivity contribution in [1.82, 2.24) is 0 Å². The van der Waals surface area contributed by atoms with E-state index in [1.54, 1.807) is 7.11 Å². The van der Waals surface area contributed by atoms with E-state index >= 15 is 0 Å². The van der Waals surface area contributed by atoms with E-state index in [9.17, 15) is 4.79 Å². The number of carbonyl (C=O) groups excluding carboxylic acids is 1. The van der Waals surface area contributed by atoms with E-state index in [1.807, 2.05) is 0 Å². The molecule has 0 bridgehead atoms. The summed E-state index contributed by atoms with van der Waals surface area (Å²) in [7, 11) is 1.67. The lowest BCUT2D eigenvalue weighted by Crippen LogP contribution is -2.03. The lowest BCUT2D eigenvalue weighted by Gasteiger charge is -2.03. The molecule has 1 fully saturated rings. The molecule has 1 aliphatic carbocycles. The molecule has 0 spiro atoms. The molecule has 0 N–H and O–H groups in total. The molecule has 0 aliphatic heterocycles. The molecule has 1 rings (SSSR count). The first kappa shape index (κ1) is 12.7. The predicted octanol–water partition coefficient (Wildman–Crippen LogP) is 2.19. The highest BCUT2D eigenvalue weighted by atomic mass is 16.5. The molecule has 88 valence electrons. The average Bonchev–Trinajstić information content (AvgIpc) is 3.05. The van der Waals surface area contributed by atoms with Crippen LogP contribution in [-0.2, 0) is 14.3 Å². The van der Waals surface area contributed by atoms with Crippen LogP contribution in [0.4, 0.5) is 0 Å². The van der Waals surface area contributed by atoms with Crippen molar-refractivity contribution >= 4 is 5.78 Å². The van der Waals surface area contributed by atoms with Gasteiger partial charge in [0.15, 0.2) is 0 Å².